The second-order valence-corrected chi connectivity index (χ2v) is 6.79. The van der Waals surface area contributed by atoms with Crippen molar-refractivity contribution in [1.82, 2.24) is 5.32 Å². The van der Waals surface area contributed by atoms with Gasteiger partial charge in [0.05, 0.1) is 6.10 Å². The van der Waals surface area contributed by atoms with Gasteiger partial charge in [-0.2, -0.15) is 0 Å². The Morgan fingerprint density at radius 2 is 2.08 bits per heavy atom. The topological polar surface area (TPSA) is 67.8 Å². The molecule has 0 bridgehead atoms. The van der Waals surface area contributed by atoms with E-state index in [2.05, 4.69) is 5.32 Å². The van der Waals surface area contributed by atoms with Gasteiger partial charge >= 0.3 is 0 Å². The summed E-state index contributed by atoms with van der Waals surface area (Å²) < 4.78 is 11.4. The number of carbonyl (C=O) groups is 1. The molecule has 3 rings (SSSR count). The lowest BCUT2D eigenvalue weighted by molar-refractivity contribution is -0.177. The Bertz CT molecular complexity index is 542. The number of hydrogen-bond acceptors (Lipinski definition) is 4. The zero-order valence-corrected chi connectivity index (χ0v) is 14.2. The van der Waals surface area contributed by atoms with Gasteiger partial charge in [-0.05, 0) is 31.7 Å². The molecule has 1 aromatic rings. The van der Waals surface area contributed by atoms with Crippen molar-refractivity contribution in [3.63, 3.8) is 0 Å². The zero-order chi connectivity index (χ0) is 17.0. The van der Waals surface area contributed by atoms with Gasteiger partial charge in [-0.3, -0.25) is 4.79 Å². The lowest BCUT2D eigenvalue weighted by Gasteiger charge is -2.57. The van der Waals surface area contributed by atoms with Gasteiger partial charge in [0.1, 0.15) is 6.10 Å². The highest BCUT2D eigenvalue weighted by molar-refractivity contribution is 5.81. The summed E-state index contributed by atoms with van der Waals surface area (Å²) in [5, 5.41) is 13.3. The molecule has 3 atom stereocenters. The summed E-state index contributed by atoms with van der Waals surface area (Å²) in [7, 11) is 0. The molecule has 5 heteroatoms. The molecule has 1 aliphatic carbocycles. The molecule has 24 heavy (non-hydrogen) atoms. The molecule has 2 aliphatic rings. The molecule has 1 aliphatic heterocycles. The predicted molar refractivity (Wildman–Crippen MR) is 90.6 cm³/mol. The Morgan fingerprint density at radius 3 is 2.75 bits per heavy atom. The van der Waals surface area contributed by atoms with E-state index in [0.717, 1.165) is 24.8 Å². The molecule has 5 nitrogen and oxygen atoms in total. The first-order valence-electron chi connectivity index (χ1n) is 8.87. The number of aliphatic hydroxyl groups is 1. The quantitative estimate of drug-likeness (QED) is 0.831. The summed E-state index contributed by atoms with van der Waals surface area (Å²) >= 11 is 0. The maximum atomic E-state index is 12.4. The van der Waals surface area contributed by atoms with E-state index < -0.39 is 6.10 Å². The first-order valence-corrected chi connectivity index (χ1v) is 8.87. The van der Waals surface area contributed by atoms with Crippen LogP contribution in [0.5, 0.6) is 0 Å². The van der Waals surface area contributed by atoms with Crippen LogP contribution in [0, 0.1) is 5.41 Å². The van der Waals surface area contributed by atoms with Crippen molar-refractivity contribution in [2.45, 2.75) is 50.9 Å². The van der Waals surface area contributed by atoms with Crippen molar-refractivity contribution in [3.8, 4) is 0 Å². The van der Waals surface area contributed by atoms with Crippen LogP contribution in [0.15, 0.2) is 30.3 Å². The average Bonchev–Trinajstić information content (AvgIpc) is 2.62. The van der Waals surface area contributed by atoms with Gasteiger partial charge in [-0.25, -0.2) is 0 Å². The molecule has 0 unspecified atom stereocenters. The summed E-state index contributed by atoms with van der Waals surface area (Å²) in [5.41, 5.74) is 0.929. The standard InChI is InChI=1S/C19H27NO4/c1-2-24-17-13-16(19(17)8-10-23-11-9-19)20-18(22)15(21)12-14-6-4-3-5-7-14/h3-7,15-17,21H,2,8-13H2,1H3,(H,20,22)/t15-,16-,17+/m0/s1. The average molecular weight is 333 g/mol. The molecular formula is C19H27NO4. The summed E-state index contributed by atoms with van der Waals surface area (Å²) in [6.45, 7) is 4.11. The fraction of sp³-hybridized carbons (Fsp3) is 0.632. The smallest absolute Gasteiger partial charge is 0.249 e. The van der Waals surface area contributed by atoms with Crippen molar-refractivity contribution in [3.05, 3.63) is 35.9 Å². The van der Waals surface area contributed by atoms with Crippen molar-refractivity contribution >= 4 is 5.91 Å². The molecule has 0 radical (unpaired) electrons. The van der Waals surface area contributed by atoms with Gasteiger partial charge in [0.25, 0.3) is 0 Å². The summed E-state index contributed by atoms with van der Waals surface area (Å²) in [6.07, 6.45) is 2.12. The maximum absolute atomic E-state index is 12.4. The van der Waals surface area contributed by atoms with Gasteiger partial charge in [0, 0.05) is 37.7 Å². The van der Waals surface area contributed by atoms with E-state index in [1.165, 1.54) is 0 Å². The van der Waals surface area contributed by atoms with Crippen molar-refractivity contribution in [2.75, 3.05) is 19.8 Å². The second kappa shape index (κ2) is 7.64. The molecule has 1 saturated heterocycles. The maximum Gasteiger partial charge on any atom is 0.249 e. The molecule has 1 spiro atoms. The molecule has 2 fully saturated rings. The number of benzene rings is 1. The lowest BCUT2D eigenvalue weighted by atomic mass is 9.57. The van der Waals surface area contributed by atoms with E-state index in [1.54, 1.807) is 0 Å². The Hall–Kier alpha value is -1.43. The number of aliphatic hydroxyl groups excluding tert-OH is 1. The van der Waals surface area contributed by atoms with Crippen LogP contribution in [0.4, 0.5) is 0 Å². The Morgan fingerprint density at radius 1 is 1.38 bits per heavy atom. The Balaban J connectivity index is 1.59. The zero-order valence-electron chi connectivity index (χ0n) is 14.2. The molecular weight excluding hydrogens is 306 g/mol. The Labute approximate surface area is 143 Å². The minimum absolute atomic E-state index is 0.0314. The van der Waals surface area contributed by atoms with Crippen LogP contribution in [-0.4, -0.2) is 49.1 Å². The van der Waals surface area contributed by atoms with Gasteiger partial charge < -0.3 is 19.9 Å². The number of hydrogen-bond donors (Lipinski definition) is 2. The SMILES string of the molecule is CCO[C@@H]1C[C@H](NC(=O)[C@@H](O)Cc2ccccc2)C12CCOCC2. The number of nitrogens with one attached hydrogen (secondary N) is 1. The molecule has 132 valence electrons. The van der Waals surface area contributed by atoms with Crippen molar-refractivity contribution < 1.29 is 19.4 Å². The van der Waals surface area contributed by atoms with Crippen LogP contribution < -0.4 is 5.32 Å². The number of ether oxygens (including phenoxy) is 2. The molecule has 1 amide bonds. The Kier molecular flexibility index (Phi) is 5.54. The molecule has 2 N–H and O–H groups in total. The van der Waals surface area contributed by atoms with E-state index in [-0.39, 0.29) is 23.5 Å². The van der Waals surface area contributed by atoms with Crippen LogP contribution in [0.1, 0.15) is 31.7 Å². The number of amides is 1. The van der Waals surface area contributed by atoms with Crippen LogP contribution in [0.25, 0.3) is 0 Å². The first kappa shape index (κ1) is 17.4. The van der Waals surface area contributed by atoms with Gasteiger partial charge in [-0.15, -0.1) is 0 Å². The largest absolute Gasteiger partial charge is 0.383 e. The van der Waals surface area contributed by atoms with Gasteiger partial charge in [-0.1, -0.05) is 30.3 Å². The third-order valence-electron chi connectivity index (χ3n) is 5.47. The number of rotatable bonds is 6. The summed E-state index contributed by atoms with van der Waals surface area (Å²) in [6, 6.07) is 9.66. The lowest BCUT2D eigenvalue weighted by Crippen LogP contribution is -2.67. The normalized spacial score (nSPS) is 26.6. The molecule has 1 saturated carbocycles. The van der Waals surface area contributed by atoms with Gasteiger partial charge in [0.15, 0.2) is 0 Å². The predicted octanol–water partition coefficient (Wildman–Crippen LogP) is 1.68. The third kappa shape index (κ3) is 3.48. The minimum Gasteiger partial charge on any atom is -0.383 e. The van der Waals surface area contributed by atoms with E-state index >= 15 is 0 Å². The van der Waals surface area contributed by atoms with Crippen molar-refractivity contribution in [2.24, 2.45) is 5.41 Å². The fourth-order valence-electron chi connectivity index (χ4n) is 4.01. The minimum atomic E-state index is -1.02. The highest BCUT2D eigenvalue weighted by atomic mass is 16.5. The summed E-state index contributed by atoms with van der Waals surface area (Å²) in [4.78, 5) is 12.4. The first-order chi connectivity index (χ1) is 11.7. The van der Waals surface area contributed by atoms with E-state index in [0.29, 0.717) is 26.2 Å². The summed E-state index contributed by atoms with van der Waals surface area (Å²) in [5.74, 6) is -0.287. The fourth-order valence-corrected chi connectivity index (χ4v) is 4.01. The van der Waals surface area contributed by atoms with Gasteiger partial charge in [0.2, 0.25) is 5.91 Å². The highest BCUT2D eigenvalue weighted by Crippen LogP contribution is 2.50. The van der Waals surface area contributed by atoms with Crippen LogP contribution in [0.3, 0.4) is 0 Å². The van der Waals surface area contributed by atoms with Crippen LogP contribution in [-0.2, 0) is 20.7 Å². The molecule has 0 aromatic heterocycles. The third-order valence-corrected chi connectivity index (χ3v) is 5.47. The highest BCUT2D eigenvalue weighted by Gasteiger charge is 2.56. The van der Waals surface area contributed by atoms with Crippen LogP contribution >= 0.6 is 0 Å². The monoisotopic (exact) mass is 333 g/mol. The molecule has 1 heterocycles. The van der Waals surface area contributed by atoms with Crippen LogP contribution in [0.2, 0.25) is 0 Å². The molecule has 1 aromatic carbocycles. The van der Waals surface area contributed by atoms with E-state index in [4.69, 9.17) is 9.47 Å². The second-order valence-electron chi connectivity index (χ2n) is 6.79. The van der Waals surface area contributed by atoms with Crippen molar-refractivity contribution in [1.29, 1.82) is 0 Å². The van der Waals surface area contributed by atoms with E-state index in [9.17, 15) is 9.90 Å². The number of carbonyl (C=O) groups excluding carboxylic acids is 1. The van der Waals surface area contributed by atoms with E-state index in [1.807, 2.05) is 37.3 Å².